The number of amides is 1. The summed E-state index contributed by atoms with van der Waals surface area (Å²) in [5.41, 5.74) is 0.315. The molecule has 2 aromatic carbocycles. The molecule has 0 spiro atoms. The number of halogens is 1. The molecule has 0 bridgehead atoms. The van der Waals surface area contributed by atoms with E-state index in [1.54, 1.807) is 6.07 Å². The maximum atomic E-state index is 13.6. The molecule has 1 amide bonds. The van der Waals surface area contributed by atoms with Crippen molar-refractivity contribution in [2.24, 2.45) is 0 Å². The molecule has 25 heavy (non-hydrogen) atoms. The first-order chi connectivity index (χ1) is 11.9. The molecule has 2 aromatic rings. The van der Waals surface area contributed by atoms with Crippen molar-refractivity contribution in [3.63, 3.8) is 0 Å². The molecule has 0 radical (unpaired) electrons. The molecule has 0 heterocycles. The first-order valence-corrected chi connectivity index (χ1v) is 9.58. The van der Waals surface area contributed by atoms with Gasteiger partial charge < -0.3 is 5.32 Å². The third kappa shape index (κ3) is 5.37. The quantitative estimate of drug-likeness (QED) is 0.704. The number of carbonyl (C=O) groups is 1. The monoisotopic (exact) mass is 364 g/mol. The van der Waals surface area contributed by atoms with Gasteiger partial charge in [0, 0.05) is 12.1 Å². The van der Waals surface area contributed by atoms with Crippen molar-refractivity contribution < 1.29 is 17.6 Å². The zero-order chi connectivity index (χ0) is 18.3. The molecule has 0 aromatic heterocycles. The largest absolute Gasteiger partial charge is 0.319 e. The third-order valence-corrected chi connectivity index (χ3v) is 5.10. The molecule has 134 valence electrons. The number of carbonyl (C=O) groups excluding carboxylic acids is 1. The maximum Gasteiger partial charge on any atom is 0.255 e. The lowest BCUT2D eigenvalue weighted by Gasteiger charge is -2.08. The number of rotatable bonds is 8. The number of sulfonamides is 1. The van der Waals surface area contributed by atoms with Gasteiger partial charge in [-0.05, 0) is 42.8 Å². The number of benzene rings is 2. The first-order valence-electron chi connectivity index (χ1n) is 8.09. The summed E-state index contributed by atoms with van der Waals surface area (Å²) >= 11 is 0. The van der Waals surface area contributed by atoms with Crippen LogP contribution in [0.4, 0.5) is 10.1 Å². The van der Waals surface area contributed by atoms with E-state index < -0.39 is 21.7 Å². The van der Waals surface area contributed by atoms with Crippen molar-refractivity contribution >= 4 is 21.6 Å². The Balaban J connectivity index is 2.03. The SMILES string of the molecule is CCCCCNS(=O)(=O)c1ccc(C(=O)Nc2ccccc2F)cc1. The molecule has 0 unspecified atom stereocenters. The van der Waals surface area contributed by atoms with Crippen LogP contribution in [0.5, 0.6) is 0 Å². The predicted molar refractivity (Wildman–Crippen MR) is 95.5 cm³/mol. The van der Waals surface area contributed by atoms with Gasteiger partial charge in [0.05, 0.1) is 10.6 Å². The van der Waals surface area contributed by atoms with E-state index in [9.17, 15) is 17.6 Å². The predicted octanol–water partition coefficient (Wildman–Crippen LogP) is 3.55. The molecule has 2 N–H and O–H groups in total. The Morgan fingerprint density at radius 2 is 1.72 bits per heavy atom. The van der Waals surface area contributed by atoms with Gasteiger partial charge in [-0.15, -0.1) is 0 Å². The summed E-state index contributed by atoms with van der Waals surface area (Å²) in [4.78, 5) is 12.2. The van der Waals surface area contributed by atoms with E-state index in [2.05, 4.69) is 10.0 Å². The lowest BCUT2D eigenvalue weighted by atomic mass is 10.2. The van der Waals surface area contributed by atoms with E-state index in [1.165, 1.54) is 42.5 Å². The van der Waals surface area contributed by atoms with Crippen molar-refractivity contribution in [2.75, 3.05) is 11.9 Å². The summed E-state index contributed by atoms with van der Waals surface area (Å²) in [6.45, 7) is 2.42. The van der Waals surface area contributed by atoms with E-state index >= 15 is 0 Å². The Hall–Kier alpha value is -2.25. The van der Waals surface area contributed by atoms with Gasteiger partial charge in [-0.1, -0.05) is 31.9 Å². The molecule has 5 nitrogen and oxygen atoms in total. The fourth-order valence-corrected chi connectivity index (χ4v) is 3.28. The minimum absolute atomic E-state index is 0.0711. The van der Waals surface area contributed by atoms with Crippen LogP contribution < -0.4 is 10.0 Å². The minimum Gasteiger partial charge on any atom is -0.319 e. The van der Waals surface area contributed by atoms with Gasteiger partial charge in [-0.25, -0.2) is 17.5 Å². The van der Waals surface area contributed by atoms with Gasteiger partial charge in [0.25, 0.3) is 5.91 Å². The molecule has 2 rings (SSSR count). The average molecular weight is 364 g/mol. The van der Waals surface area contributed by atoms with Crippen molar-refractivity contribution in [2.45, 2.75) is 31.1 Å². The number of unbranched alkanes of at least 4 members (excludes halogenated alkanes) is 2. The molecule has 0 aliphatic rings. The lowest BCUT2D eigenvalue weighted by molar-refractivity contribution is 0.102. The third-order valence-electron chi connectivity index (χ3n) is 3.62. The second-order valence-electron chi connectivity index (χ2n) is 5.56. The summed E-state index contributed by atoms with van der Waals surface area (Å²) < 4.78 is 40.4. The Morgan fingerprint density at radius 1 is 1.04 bits per heavy atom. The van der Waals surface area contributed by atoms with Crippen LogP contribution in [0.1, 0.15) is 36.5 Å². The van der Waals surface area contributed by atoms with Crippen LogP contribution in [0.15, 0.2) is 53.4 Å². The van der Waals surface area contributed by atoms with Crippen LogP contribution in [0.2, 0.25) is 0 Å². The Bertz CT molecular complexity index is 820. The second-order valence-corrected chi connectivity index (χ2v) is 7.33. The molecule has 7 heteroatoms. The molecular formula is C18H21FN2O3S. The van der Waals surface area contributed by atoms with Crippen LogP contribution in [-0.4, -0.2) is 20.9 Å². The van der Waals surface area contributed by atoms with E-state index in [0.29, 0.717) is 6.54 Å². The molecular weight excluding hydrogens is 343 g/mol. The fraction of sp³-hybridized carbons (Fsp3) is 0.278. The number of hydrogen-bond acceptors (Lipinski definition) is 3. The van der Waals surface area contributed by atoms with Crippen LogP contribution in [0.25, 0.3) is 0 Å². The van der Waals surface area contributed by atoms with Gasteiger partial charge in [-0.2, -0.15) is 0 Å². The van der Waals surface area contributed by atoms with E-state index in [4.69, 9.17) is 0 Å². The Morgan fingerprint density at radius 3 is 2.36 bits per heavy atom. The zero-order valence-corrected chi connectivity index (χ0v) is 14.8. The molecule has 0 aliphatic carbocycles. The van der Waals surface area contributed by atoms with E-state index in [1.807, 2.05) is 6.92 Å². The highest BCUT2D eigenvalue weighted by molar-refractivity contribution is 7.89. The highest BCUT2D eigenvalue weighted by Crippen LogP contribution is 2.15. The zero-order valence-electron chi connectivity index (χ0n) is 14.0. The lowest BCUT2D eigenvalue weighted by Crippen LogP contribution is -2.24. The second kappa shape index (κ2) is 8.73. The van der Waals surface area contributed by atoms with Crippen LogP contribution in [0, 0.1) is 5.82 Å². The highest BCUT2D eigenvalue weighted by atomic mass is 32.2. The molecule has 0 saturated heterocycles. The normalized spacial score (nSPS) is 11.3. The number of anilines is 1. The van der Waals surface area contributed by atoms with Crippen LogP contribution in [0.3, 0.4) is 0 Å². The molecule has 0 aliphatic heterocycles. The van der Waals surface area contributed by atoms with Crippen molar-refractivity contribution in [1.82, 2.24) is 4.72 Å². The topological polar surface area (TPSA) is 75.3 Å². The number of para-hydroxylation sites is 1. The number of nitrogens with one attached hydrogen (secondary N) is 2. The summed E-state index contributed by atoms with van der Waals surface area (Å²) in [7, 11) is -3.59. The Kier molecular flexibility index (Phi) is 6.66. The summed E-state index contributed by atoms with van der Waals surface area (Å²) in [5.74, 6) is -1.05. The molecule has 0 saturated carbocycles. The van der Waals surface area contributed by atoms with Crippen molar-refractivity contribution in [3.8, 4) is 0 Å². The summed E-state index contributed by atoms with van der Waals surface area (Å²) in [5, 5.41) is 2.45. The van der Waals surface area contributed by atoms with Gasteiger partial charge in [0.15, 0.2) is 0 Å². The van der Waals surface area contributed by atoms with E-state index in [-0.39, 0.29) is 16.1 Å². The van der Waals surface area contributed by atoms with Crippen LogP contribution in [-0.2, 0) is 10.0 Å². The van der Waals surface area contributed by atoms with Gasteiger partial charge in [0.1, 0.15) is 5.82 Å². The number of hydrogen-bond donors (Lipinski definition) is 2. The highest BCUT2D eigenvalue weighted by Gasteiger charge is 2.15. The standard InChI is InChI=1S/C18H21FN2O3S/c1-2-3-6-13-20-25(23,24)15-11-9-14(10-12-15)18(22)21-17-8-5-4-7-16(17)19/h4-5,7-12,20H,2-3,6,13H2,1H3,(H,21,22). The maximum absolute atomic E-state index is 13.6. The van der Waals surface area contributed by atoms with Crippen molar-refractivity contribution in [1.29, 1.82) is 0 Å². The molecule has 0 atom stereocenters. The van der Waals surface area contributed by atoms with Gasteiger partial charge in [0.2, 0.25) is 10.0 Å². The van der Waals surface area contributed by atoms with E-state index in [0.717, 1.165) is 19.3 Å². The minimum atomic E-state index is -3.59. The van der Waals surface area contributed by atoms with Gasteiger partial charge >= 0.3 is 0 Å². The Labute approximate surface area is 147 Å². The van der Waals surface area contributed by atoms with Crippen molar-refractivity contribution in [3.05, 3.63) is 59.9 Å². The average Bonchev–Trinajstić information content (AvgIpc) is 2.61. The smallest absolute Gasteiger partial charge is 0.255 e. The van der Waals surface area contributed by atoms with Gasteiger partial charge in [-0.3, -0.25) is 4.79 Å². The summed E-state index contributed by atoms with van der Waals surface area (Å²) in [6, 6.07) is 11.4. The van der Waals surface area contributed by atoms with Crippen LogP contribution >= 0.6 is 0 Å². The first kappa shape index (κ1) is 19.1. The fourth-order valence-electron chi connectivity index (χ4n) is 2.21. The summed E-state index contributed by atoms with van der Waals surface area (Å²) in [6.07, 6.45) is 2.74. The molecule has 0 fully saturated rings.